The van der Waals surface area contributed by atoms with Gasteiger partial charge in [0.25, 0.3) is 5.91 Å². The summed E-state index contributed by atoms with van der Waals surface area (Å²) in [5.41, 5.74) is 7.73. The summed E-state index contributed by atoms with van der Waals surface area (Å²) in [5.74, 6) is 1.78. The number of nitrogens with two attached hydrogens (primary N) is 1. The molecule has 0 saturated carbocycles. The highest BCUT2D eigenvalue weighted by molar-refractivity contribution is 6.04. The highest BCUT2D eigenvalue weighted by Crippen LogP contribution is 2.31. The van der Waals surface area contributed by atoms with Crippen molar-refractivity contribution in [3.8, 4) is 18.1 Å². The van der Waals surface area contributed by atoms with Crippen molar-refractivity contribution < 1.29 is 23.9 Å². The number of aryl methyl sites for hydroxylation is 3. The number of alkyl carbamates (subject to hydrolysis) is 1. The number of fused-ring (bicyclic) bond motifs is 1. The Morgan fingerprint density at radius 3 is 2.69 bits per heavy atom. The SMILES string of the molecule is C#CCOC(=O)NCCCn1c(NC(=O)c2cc(C)nn2CC)nc2cc(C(N)=O)cc(OC)c21. The fourth-order valence-corrected chi connectivity index (χ4v) is 3.56. The van der Waals surface area contributed by atoms with Gasteiger partial charge in [-0.25, -0.2) is 9.78 Å². The van der Waals surface area contributed by atoms with Gasteiger partial charge in [0.15, 0.2) is 6.61 Å². The lowest BCUT2D eigenvalue weighted by Gasteiger charge is -2.13. The van der Waals surface area contributed by atoms with Crippen LogP contribution in [0.1, 0.15) is 39.9 Å². The Labute approximate surface area is 201 Å². The molecule has 0 bridgehead atoms. The highest BCUT2D eigenvalue weighted by Gasteiger charge is 2.21. The molecule has 0 aliphatic heterocycles. The van der Waals surface area contributed by atoms with Crippen LogP contribution in [-0.2, 0) is 17.8 Å². The predicted octanol–water partition coefficient (Wildman–Crippen LogP) is 1.67. The number of ether oxygens (including phenoxy) is 2. The van der Waals surface area contributed by atoms with E-state index in [0.717, 1.165) is 0 Å². The number of aromatic nitrogens is 4. The van der Waals surface area contributed by atoms with Gasteiger partial charge in [-0.3, -0.25) is 19.6 Å². The minimum Gasteiger partial charge on any atom is -0.494 e. The second kappa shape index (κ2) is 11.1. The van der Waals surface area contributed by atoms with E-state index in [0.29, 0.717) is 47.7 Å². The van der Waals surface area contributed by atoms with E-state index in [9.17, 15) is 14.4 Å². The van der Waals surface area contributed by atoms with Crippen LogP contribution in [-0.4, -0.2) is 57.5 Å². The van der Waals surface area contributed by atoms with Crippen LogP contribution in [0.2, 0.25) is 0 Å². The van der Waals surface area contributed by atoms with Crippen LogP contribution in [0.5, 0.6) is 5.75 Å². The van der Waals surface area contributed by atoms with Gasteiger partial charge in [-0.05, 0) is 38.5 Å². The van der Waals surface area contributed by atoms with E-state index in [1.54, 1.807) is 22.2 Å². The van der Waals surface area contributed by atoms with E-state index in [1.165, 1.54) is 19.2 Å². The molecule has 0 spiro atoms. The number of nitrogens with zero attached hydrogens (tertiary/aromatic N) is 4. The fraction of sp³-hybridized carbons (Fsp3) is 0.348. The molecular weight excluding hydrogens is 454 g/mol. The van der Waals surface area contributed by atoms with E-state index in [1.807, 2.05) is 6.92 Å². The molecule has 0 radical (unpaired) electrons. The van der Waals surface area contributed by atoms with Gasteiger partial charge in [-0.1, -0.05) is 5.92 Å². The molecule has 2 aromatic heterocycles. The maximum atomic E-state index is 13.1. The molecule has 0 aliphatic rings. The number of hydrogen-bond acceptors (Lipinski definition) is 7. The van der Waals surface area contributed by atoms with Crippen molar-refractivity contribution in [2.75, 3.05) is 25.6 Å². The molecule has 0 atom stereocenters. The van der Waals surface area contributed by atoms with E-state index in [-0.39, 0.29) is 24.7 Å². The number of rotatable bonds is 10. The molecular formula is C23H27N7O5. The molecule has 2 heterocycles. The van der Waals surface area contributed by atoms with Gasteiger partial charge >= 0.3 is 6.09 Å². The summed E-state index contributed by atoms with van der Waals surface area (Å²) in [5, 5.41) is 9.74. The monoisotopic (exact) mass is 481 g/mol. The van der Waals surface area contributed by atoms with Crippen molar-refractivity contribution in [3.63, 3.8) is 0 Å². The Morgan fingerprint density at radius 1 is 1.26 bits per heavy atom. The zero-order chi connectivity index (χ0) is 25.5. The van der Waals surface area contributed by atoms with Crippen LogP contribution < -0.4 is 21.1 Å². The third-order valence-corrected chi connectivity index (χ3v) is 5.09. The number of imidazole rings is 1. The number of carbonyl (C=O) groups excluding carboxylic acids is 3. The zero-order valence-corrected chi connectivity index (χ0v) is 19.8. The summed E-state index contributed by atoms with van der Waals surface area (Å²) in [6, 6.07) is 4.73. The van der Waals surface area contributed by atoms with Crippen molar-refractivity contribution in [2.45, 2.75) is 33.4 Å². The molecule has 12 nitrogen and oxygen atoms in total. The number of amides is 3. The molecule has 12 heteroatoms. The van der Waals surface area contributed by atoms with Crippen LogP contribution in [0.15, 0.2) is 18.2 Å². The molecule has 184 valence electrons. The van der Waals surface area contributed by atoms with Gasteiger partial charge in [0.05, 0.1) is 18.3 Å². The first-order chi connectivity index (χ1) is 16.8. The molecule has 0 fully saturated rings. The second-order valence-corrected chi connectivity index (χ2v) is 7.50. The summed E-state index contributed by atoms with van der Waals surface area (Å²) >= 11 is 0. The third-order valence-electron chi connectivity index (χ3n) is 5.09. The summed E-state index contributed by atoms with van der Waals surface area (Å²) in [6.07, 6.45) is 4.92. The van der Waals surface area contributed by atoms with Gasteiger partial charge in [-0.15, -0.1) is 6.42 Å². The van der Waals surface area contributed by atoms with E-state index >= 15 is 0 Å². The number of hydrogen-bond donors (Lipinski definition) is 3. The zero-order valence-electron chi connectivity index (χ0n) is 19.8. The van der Waals surface area contributed by atoms with E-state index in [2.05, 4.69) is 26.6 Å². The van der Waals surface area contributed by atoms with Crippen LogP contribution in [0.25, 0.3) is 11.0 Å². The number of methoxy groups -OCH3 is 1. The van der Waals surface area contributed by atoms with E-state index < -0.39 is 17.9 Å². The van der Waals surface area contributed by atoms with Crippen LogP contribution in [0.3, 0.4) is 0 Å². The molecule has 0 aliphatic carbocycles. The predicted molar refractivity (Wildman–Crippen MR) is 128 cm³/mol. The number of anilines is 1. The van der Waals surface area contributed by atoms with Crippen molar-refractivity contribution in [3.05, 3.63) is 35.2 Å². The lowest BCUT2D eigenvalue weighted by atomic mass is 10.1. The number of carbonyl (C=O) groups is 3. The lowest BCUT2D eigenvalue weighted by Crippen LogP contribution is -2.26. The Bertz CT molecular complexity index is 1300. The molecule has 3 amide bonds. The first kappa shape index (κ1) is 25.1. The second-order valence-electron chi connectivity index (χ2n) is 7.50. The van der Waals surface area contributed by atoms with Crippen LogP contribution in [0.4, 0.5) is 10.7 Å². The average Bonchev–Trinajstić information content (AvgIpc) is 3.39. The van der Waals surface area contributed by atoms with Crippen molar-refractivity contribution >= 4 is 34.9 Å². The summed E-state index contributed by atoms with van der Waals surface area (Å²) < 4.78 is 13.6. The van der Waals surface area contributed by atoms with Gasteiger partial charge in [0.1, 0.15) is 17.0 Å². The Balaban J connectivity index is 1.94. The maximum Gasteiger partial charge on any atom is 0.408 e. The number of nitrogens with one attached hydrogen (secondary N) is 2. The Hall–Kier alpha value is -4.53. The van der Waals surface area contributed by atoms with Gasteiger partial charge < -0.3 is 25.1 Å². The van der Waals surface area contributed by atoms with Gasteiger partial charge in [0.2, 0.25) is 11.9 Å². The molecule has 0 saturated heterocycles. The molecule has 1 aromatic carbocycles. The molecule has 0 unspecified atom stereocenters. The van der Waals surface area contributed by atoms with Crippen molar-refractivity contribution in [1.29, 1.82) is 0 Å². The summed E-state index contributed by atoms with van der Waals surface area (Å²) in [6.45, 7) is 4.71. The topological polar surface area (TPSA) is 155 Å². The smallest absolute Gasteiger partial charge is 0.408 e. The Kier molecular flexibility index (Phi) is 7.93. The van der Waals surface area contributed by atoms with Crippen LogP contribution >= 0.6 is 0 Å². The van der Waals surface area contributed by atoms with Gasteiger partial charge in [0, 0.05) is 25.2 Å². The fourth-order valence-electron chi connectivity index (χ4n) is 3.56. The standard InChI is InChI=1S/C23H27N7O5/c1-5-10-35-23(33)25-8-7-9-29-19-16(12-15(20(24)31)13-18(19)34-4)26-22(29)27-21(32)17-11-14(3)28-30(17)6-2/h1,11-13H,6-10H2,2-4H3,(H2,24,31)(H,25,33)(H,26,27,32). The van der Waals surface area contributed by atoms with E-state index in [4.69, 9.17) is 21.6 Å². The summed E-state index contributed by atoms with van der Waals surface area (Å²) in [4.78, 5) is 41.0. The number of terminal acetylenes is 1. The lowest BCUT2D eigenvalue weighted by molar-refractivity contribution is 0.0995. The third kappa shape index (κ3) is 5.70. The number of primary amides is 1. The van der Waals surface area contributed by atoms with Crippen molar-refractivity contribution in [2.24, 2.45) is 5.73 Å². The minimum atomic E-state index is -0.637. The molecule has 35 heavy (non-hydrogen) atoms. The quantitative estimate of drug-likeness (QED) is 0.294. The average molecular weight is 482 g/mol. The first-order valence-corrected chi connectivity index (χ1v) is 10.9. The van der Waals surface area contributed by atoms with Crippen LogP contribution in [0, 0.1) is 19.3 Å². The Morgan fingerprint density at radius 2 is 2.03 bits per heavy atom. The normalized spacial score (nSPS) is 10.6. The van der Waals surface area contributed by atoms with Crippen molar-refractivity contribution in [1.82, 2.24) is 24.6 Å². The summed E-state index contributed by atoms with van der Waals surface area (Å²) in [7, 11) is 1.46. The number of benzene rings is 1. The highest BCUT2D eigenvalue weighted by atomic mass is 16.5. The first-order valence-electron chi connectivity index (χ1n) is 10.9. The maximum absolute atomic E-state index is 13.1. The molecule has 3 aromatic rings. The largest absolute Gasteiger partial charge is 0.494 e. The van der Waals surface area contributed by atoms with Gasteiger partial charge in [-0.2, -0.15) is 5.10 Å². The minimum absolute atomic E-state index is 0.124. The molecule has 3 rings (SSSR count). The molecule has 4 N–H and O–H groups in total.